The zero-order valence-electron chi connectivity index (χ0n) is 6.68. The average Bonchev–Trinajstić information content (AvgIpc) is 2.02. The first kappa shape index (κ1) is 9.38. The number of carbonyl (C=O) groups excluding carboxylic acids is 1. The van der Waals surface area contributed by atoms with Gasteiger partial charge < -0.3 is 5.32 Å². The summed E-state index contributed by atoms with van der Waals surface area (Å²) < 4.78 is 25.1. The lowest BCUT2D eigenvalue weighted by Gasteiger charge is -2.01. The zero-order valence-corrected chi connectivity index (χ0v) is 6.68. The topological polar surface area (TPSA) is 29.1 Å². The van der Waals surface area contributed by atoms with Gasteiger partial charge in [-0.05, 0) is 18.2 Å². The van der Waals surface area contributed by atoms with Crippen LogP contribution < -0.4 is 5.32 Å². The third-order valence-corrected chi connectivity index (χ3v) is 1.32. The molecule has 0 aliphatic carbocycles. The van der Waals surface area contributed by atoms with Crippen molar-refractivity contribution >= 4 is 11.6 Å². The highest BCUT2D eigenvalue weighted by molar-refractivity contribution is 5.98. The molecule has 0 atom stereocenters. The first-order chi connectivity index (χ1) is 6.11. The van der Waals surface area contributed by atoms with Gasteiger partial charge in [0.2, 0.25) is 5.91 Å². The number of rotatable bonds is 2. The maximum Gasteiger partial charge on any atom is 0.247 e. The second-order valence-corrected chi connectivity index (χ2v) is 2.35. The monoisotopic (exact) mass is 183 g/mol. The smallest absolute Gasteiger partial charge is 0.247 e. The van der Waals surface area contributed by atoms with Gasteiger partial charge in [-0.2, -0.15) is 0 Å². The largest absolute Gasteiger partial charge is 0.322 e. The van der Waals surface area contributed by atoms with Gasteiger partial charge in [-0.25, -0.2) is 8.78 Å². The molecular formula is C9H7F2NO. The van der Waals surface area contributed by atoms with Gasteiger partial charge in [-0.1, -0.05) is 6.58 Å². The van der Waals surface area contributed by atoms with Crippen LogP contribution in [0.5, 0.6) is 0 Å². The summed E-state index contributed by atoms with van der Waals surface area (Å²) in [6.45, 7) is 3.20. The van der Waals surface area contributed by atoms with E-state index in [0.29, 0.717) is 0 Å². The van der Waals surface area contributed by atoms with Crippen molar-refractivity contribution in [3.8, 4) is 0 Å². The highest BCUT2D eigenvalue weighted by Gasteiger charge is 2.01. The van der Waals surface area contributed by atoms with Crippen LogP contribution >= 0.6 is 0 Å². The molecule has 13 heavy (non-hydrogen) atoms. The number of anilines is 1. The molecule has 0 heterocycles. The molecule has 1 aromatic rings. The Morgan fingerprint density at radius 2 is 1.85 bits per heavy atom. The second kappa shape index (κ2) is 3.80. The summed E-state index contributed by atoms with van der Waals surface area (Å²) in [5, 5.41) is 2.24. The molecule has 0 aliphatic heterocycles. The Hall–Kier alpha value is -1.71. The number of hydrogen-bond acceptors (Lipinski definition) is 1. The van der Waals surface area contributed by atoms with Crippen molar-refractivity contribution in [2.75, 3.05) is 5.32 Å². The van der Waals surface area contributed by atoms with Gasteiger partial charge in [0.25, 0.3) is 0 Å². The summed E-state index contributed by atoms with van der Waals surface area (Å²) in [6.07, 6.45) is 1.02. The van der Waals surface area contributed by atoms with E-state index in [1.165, 1.54) is 0 Å². The minimum absolute atomic E-state index is 0.0717. The highest BCUT2D eigenvalue weighted by Crippen LogP contribution is 2.12. The van der Waals surface area contributed by atoms with E-state index in [2.05, 4.69) is 11.9 Å². The van der Waals surface area contributed by atoms with Crippen LogP contribution in [0.1, 0.15) is 0 Å². The number of hydrogen-bond donors (Lipinski definition) is 1. The summed E-state index contributed by atoms with van der Waals surface area (Å²) in [7, 11) is 0. The van der Waals surface area contributed by atoms with E-state index in [1.807, 2.05) is 0 Å². The first-order valence-corrected chi connectivity index (χ1v) is 3.51. The fraction of sp³-hybridized carbons (Fsp3) is 0. The fourth-order valence-electron chi connectivity index (χ4n) is 0.819. The molecule has 0 saturated heterocycles. The van der Waals surface area contributed by atoms with Crippen LogP contribution in [0.25, 0.3) is 0 Å². The number of amides is 1. The number of benzene rings is 1. The van der Waals surface area contributed by atoms with Crippen LogP contribution in [0.15, 0.2) is 30.9 Å². The number of halogens is 2. The van der Waals surface area contributed by atoms with Crippen molar-refractivity contribution in [3.05, 3.63) is 42.5 Å². The van der Waals surface area contributed by atoms with E-state index < -0.39 is 17.5 Å². The summed E-state index contributed by atoms with van der Waals surface area (Å²) >= 11 is 0. The van der Waals surface area contributed by atoms with Crippen LogP contribution in [-0.4, -0.2) is 5.91 Å². The minimum atomic E-state index is -0.737. The lowest BCUT2D eigenvalue weighted by molar-refractivity contribution is -0.111. The highest BCUT2D eigenvalue weighted by atomic mass is 19.1. The van der Waals surface area contributed by atoms with Crippen molar-refractivity contribution in [2.45, 2.75) is 0 Å². The van der Waals surface area contributed by atoms with Gasteiger partial charge in [-0.3, -0.25) is 4.79 Å². The van der Waals surface area contributed by atoms with Crippen LogP contribution in [-0.2, 0) is 4.79 Å². The molecule has 2 nitrogen and oxygen atoms in total. The number of carbonyl (C=O) groups is 1. The Labute approximate surface area is 73.9 Å². The Kier molecular flexibility index (Phi) is 2.74. The molecule has 1 amide bonds. The van der Waals surface area contributed by atoms with E-state index in [1.54, 1.807) is 0 Å². The zero-order chi connectivity index (χ0) is 9.84. The van der Waals surface area contributed by atoms with E-state index in [-0.39, 0.29) is 5.69 Å². The van der Waals surface area contributed by atoms with E-state index in [4.69, 9.17) is 0 Å². The van der Waals surface area contributed by atoms with Gasteiger partial charge in [0.15, 0.2) is 0 Å². The van der Waals surface area contributed by atoms with Crippen molar-refractivity contribution in [1.82, 2.24) is 0 Å². The van der Waals surface area contributed by atoms with Crippen molar-refractivity contribution in [2.24, 2.45) is 0 Å². The van der Waals surface area contributed by atoms with Crippen LogP contribution in [0.3, 0.4) is 0 Å². The predicted molar refractivity (Wildman–Crippen MR) is 45.2 cm³/mol. The predicted octanol–water partition coefficient (Wildman–Crippen LogP) is 2.09. The Morgan fingerprint density at radius 3 is 2.31 bits per heavy atom. The van der Waals surface area contributed by atoms with Gasteiger partial charge >= 0.3 is 0 Å². The standard InChI is InChI=1S/C9H7F2NO/c1-2-9(13)12-8-4-6(10)3-7(11)5-8/h2-5H,1H2,(H,12,13). The SMILES string of the molecule is C=CC(=O)Nc1cc(F)cc(F)c1. The van der Waals surface area contributed by atoms with Crippen molar-refractivity contribution < 1.29 is 13.6 Å². The fourth-order valence-corrected chi connectivity index (χ4v) is 0.819. The molecular weight excluding hydrogens is 176 g/mol. The lowest BCUT2D eigenvalue weighted by atomic mass is 10.3. The summed E-state index contributed by atoms with van der Waals surface area (Å²) in [6, 6.07) is 2.76. The molecule has 0 bridgehead atoms. The van der Waals surface area contributed by atoms with Crippen molar-refractivity contribution in [3.63, 3.8) is 0 Å². The molecule has 0 radical (unpaired) electrons. The Morgan fingerprint density at radius 1 is 1.31 bits per heavy atom. The average molecular weight is 183 g/mol. The maximum absolute atomic E-state index is 12.6. The molecule has 1 rings (SSSR count). The van der Waals surface area contributed by atoms with Crippen LogP contribution in [0.4, 0.5) is 14.5 Å². The number of nitrogens with one attached hydrogen (secondary N) is 1. The van der Waals surface area contributed by atoms with Crippen molar-refractivity contribution in [1.29, 1.82) is 0 Å². The first-order valence-electron chi connectivity index (χ1n) is 3.51. The maximum atomic E-state index is 12.6. The molecule has 0 unspecified atom stereocenters. The molecule has 1 aromatic carbocycles. The van der Waals surface area contributed by atoms with Crippen LogP contribution in [0.2, 0.25) is 0 Å². The summed E-state index contributed by atoms with van der Waals surface area (Å²) in [5.74, 6) is -1.98. The minimum Gasteiger partial charge on any atom is -0.322 e. The molecule has 0 aliphatic rings. The Balaban J connectivity index is 2.89. The quantitative estimate of drug-likeness (QED) is 0.699. The summed E-state index contributed by atoms with van der Waals surface area (Å²) in [5.41, 5.74) is 0.0717. The molecule has 0 spiro atoms. The normalized spacial score (nSPS) is 9.38. The molecule has 1 N–H and O–H groups in total. The van der Waals surface area contributed by atoms with Gasteiger partial charge in [-0.15, -0.1) is 0 Å². The molecule has 4 heteroatoms. The Bertz CT molecular complexity index is 329. The summed E-state index contributed by atoms with van der Waals surface area (Å²) in [4.78, 5) is 10.7. The van der Waals surface area contributed by atoms with Gasteiger partial charge in [0.1, 0.15) is 11.6 Å². The molecule has 0 saturated carbocycles. The molecule has 0 aromatic heterocycles. The third-order valence-electron chi connectivity index (χ3n) is 1.32. The van der Waals surface area contributed by atoms with E-state index in [0.717, 1.165) is 24.3 Å². The lowest BCUT2D eigenvalue weighted by Crippen LogP contribution is -2.07. The second-order valence-electron chi connectivity index (χ2n) is 2.35. The van der Waals surface area contributed by atoms with E-state index >= 15 is 0 Å². The third kappa shape index (κ3) is 2.66. The van der Waals surface area contributed by atoms with Gasteiger partial charge in [0.05, 0.1) is 0 Å². The molecule has 68 valence electrons. The van der Waals surface area contributed by atoms with Crippen LogP contribution in [0, 0.1) is 11.6 Å². The van der Waals surface area contributed by atoms with Gasteiger partial charge in [0, 0.05) is 11.8 Å². The van der Waals surface area contributed by atoms with E-state index in [9.17, 15) is 13.6 Å². The molecule has 0 fully saturated rings.